The molecule has 25 heavy (non-hydrogen) atoms. The summed E-state index contributed by atoms with van der Waals surface area (Å²) in [6.45, 7) is 0. The summed E-state index contributed by atoms with van der Waals surface area (Å²) in [7, 11) is 0. The third-order valence-corrected chi connectivity index (χ3v) is 3.50. The van der Waals surface area contributed by atoms with Crippen LogP contribution in [0.15, 0.2) is 60.7 Å². The Morgan fingerprint density at radius 2 is 1.00 bits per heavy atom. The van der Waals surface area contributed by atoms with Gasteiger partial charge < -0.3 is 0 Å². The van der Waals surface area contributed by atoms with Gasteiger partial charge in [0.1, 0.15) is 0 Å². The molecule has 0 amide bonds. The number of nitrogens with one attached hydrogen (secondary N) is 2. The fourth-order valence-corrected chi connectivity index (χ4v) is 2.26. The summed E-state index contributed by atoms with van der Waals surface area (Å²) in [6, 6.07) is 19.3. The summed E-state index contributed by atoms with van der Waals surface area (Å²) in [4.78, 5) is 0. The number of benzene rings is 2. The van der Waals surface area contributed by atoms with E-state index < -0.39 is 0 Å². The minimum atomic E-state index is 0. The van der Waals surface area contributed by atoms with E-state index in [-0.39, 0.29) is 19.5 Å². The minimum absolute atomic E-state index is 0. The van der Waals surface area contributed by atoms with Gasteiger partial charge in [-0.3, -0.25) is 0 Å². The molecule has 0 fully saturated rings. The second-order valence-corrected chi connectivity index (χ2v) is 5.24. The first-order chi connectivity index (χ1) is 11.8. The van der Waals surface area contributed by atoms with Crippen LogP contribution in [0, 0.1) is 9.54 Å². The molecule has 122 valence electrons. The molecule has 0 unspecified atom stereocenters. The van der Waals surface area contributed by atoms with Crippen molar-refractivity contribution in [3.63, 3.8) is 0 Å². The molecule has 0 aliphatic carbocycles. The van der Waals surface area contributed by atoms with E-state index >= 15 is 0 Å². The van der Waals surface area contributed by atoms with Gasteiger partial charge in [-0.2, -0.15) is 10.4 Å². The molecule has 4 aromatic rings. The van der Waals surface area contributed by atoms with Gasteiger partial charge in [-0.25, -0.2) is 9.36 Å². The number of H-pyrrole nitrogens is 2. The van der Waals surface area contributed by atoms with Crippen molar-refractivity contribution in [3.8, 4) is 11.4 Å². The van der Waals surface area contributed by atoms with Gasteiger partial charge in [0, 0.05) is 19.5 Å². The van der Waals surface area contributed by atoms with E-state index in [4.69, 9.17) is 24.4 Å². The maximum absolute atomic E-state index is 4.93. The molecule has 0 atom stereocenters. The number of aromatic amines is 2. The van der Waals surface area contributed by atoms with Gasteiger partial charge in [-0.1, -0.05) is 57.0 Å². The topological polar surface area (TPSA) is 93.0 Å². The monoisotopic (exact) mass is 420 g/mol. The summed E-state index contributed by atoms with van der Waals surface area (Å²) in [5, 5.41) is 19.8. The molecule has 0 spiro atoms. The molecule has 11 heteroatoms. The molecular formula is C14H12N8S2Zn. The molecule has 2 aromatic carbocycles. The van der Waals surface area contributed by atoms with Crippen LogP contribution in [0.4, 0.5) is 0 Å². The largest absolute Gasteiger partial charge is 0.242 e. The van der Waals surface area contributed by atoms with E-state index in [0.29, 0.717) is 9.54 Å². The predicted molar refractivity (Wildman–Crippen MR) is 93.1 cm³/mol. The third-order valence-electron chi connectivity index (χ3n) is 2.97. The maximum Gasteiger partial charge on any atom is 0.242 e. The Labute approximate surface area is 165 Å². The van der Waals surface area contributed by atoms with Crippen LogP contribution in [0.5, 0.6) is 0 Å². The molecular weight excluding hydrogens is 410 g/mol. The Bertz CT molecular complexity index is 922. The van der Waals surface area contributed by atoms with E-state index in [1.807, 2.05) is 60.7 Å². The second kappa shape index (κ2) is 9.21. The van der Waals surface area contributed by atoms with Gasteiger partial charge in [0.05, 0.1) is 11.4 Å². The zero-order valence-corrected chi connectivity index (χ0v) is 17.6. The maximum atomic E-state index is 4.93. The molecule has 4 rings (SSSR count). The zero-order chi connectivity index (χ0) is 16.8. The average Bonchev–Trinajstić information content (AvgIpc) is 3.25. The molecule has 2 N–H and O–H groups in total. The number of nitrogens with zero attached hydrogens (tertiary/aromatic N) is 6. The van der Waals surface area contributed by atoms with Gasteiger partial charge in [0.25, 0.3) is 0 Å². The van der Waals surface area contributed by atoms with E-state index in [1.165, 1.54) is 0 Å². The van der Waals surface area contributed by atoms with Gasteiger partial charge in [0.2, 0.25) is 9.54 Å². The second-order valence-electron chi connectivity index (χ2n) is 4.51. The van der Waals surface area contributed by atoms with Gasteiger partial charge in [0.15, 0.2) is 0 Å². The molecule has 0 aliphatic rings. The van der Waals surface area contributed by atoms with E-state index in [0.717, 1.165) is 11.4 Å². The van der Waals surface area contributed by atoms with E-state index in [2.05, 4.69) is 31.1 Å². The van der Waals surface area contributed by atoms with Crippen LogP contribution in [-0.2, 0) is 19.5 Å². The average molecular weight is 422 g/mol. The van der Waals surface area contributed by atoms with Crippen LogP contribution in [0.2, 0.25) is 0 Å². The Balaban J connectivity index is 0.000000173. The van der Waals surface area contributed by atoms with E-state index in [1.54, 1.807) is 9.36 Å². The standard InChI is InChI=1S/2C7H6N4S.Zn/c2*12-7-8-9-10-11(7)6-4-2-1-3-5-6;/h2*1-5H,(H,8,10,12);. The molecule has 8 nitrogen and oxygen atoms in total. The Kier molecular flexibility index (Phi) is 6.99. The first-order valence-electron chi connectivity index (χ1n) is 6.87. The molecule has 0 aliphatic heterocycles. The van der Waals surface area contributed by atoms with Crippen molar-refractivity contribution in [2.24, 2.45) is 0 Å². The number of tetrazole rings is 2. The van der Waals surface area contributed by atoms with Crippen molar-refractivity contribution < 1.29 is 19.5 Å². The number of hydrogen-bond donors (Lipinski definition) is 2. The first-order valence-corrected chi connectivity index (χ1v) is 7.68. The summed E-state index contributed by atoms with van der Waals surface area (Å²) >= 11 is 9.85. The van der Waals surface area contributed by atoms with Gasteiger partial charge in [-0.15, -0.1) is 0 Å². The van der Waals surface area contributed by atoms with Crippen molar-refractivity contribution in [1.29, 1.82) is 0 Å². The molecule has 0 saturated carbocycles. The number of rotatable bonds is 2. The van der Waals surface area contributed by atoms with Crippen molar-refractivity contribution in [2.45, 2.75) is 0 Å². The Morgan fingerprint density at radius 1 is 0.640 bits per heavy atom. The molecule has 2 aromatic heterocycles. The van der Waals surface area contributed by atoms with Crippen LogP contribution in [0.25, 0.3) is 11.4 Å². The summed E-state index contributed by atoms with van der Waals surface area (Å²) in [6.07, 6.45) is 0. The van der Waals surface area contributed by atoms with E-state index in [9.17, 15) is 0 Å². The molecule has 0 saturated heterocycles. The molecule has 0 bridgehead atoms. The predicted octanol–water partition coefficient (Wildman–Crippen LogP) is 2.65. The van der Waals surface area contributed by atoms with Crippen molar-refractivity contribution in [2.75, 3.05) is 0 Å². The fraction of sp³-hybridized carbons (Fsp3) is 0. The Hall–Kier alpha value is -2.36. The molecule has 0 radical (unpaired) electrons. The minimum Gasteiger partial charge on any atom is -0.210 e. The fourth-order valence-electron chi connectivity index (χ4n) is 1.89. The normalized spacial score (nSPS) is 9.60. The van der Waals surface area contributed by atoms with Gasteiger partial charge in [-0.05, 0) is 48.7 Å². The number of aromatic nitrogens is 8. The van der Waals surface area contributed by atoms with Gasteiger partial charge >= 0.3 is 0 Å². The van der Waals surface area contributed by atoms with Crippen molar-refractivity contribution in [3.05, 3.63) is 70.2 Å². The van der Waals surface area contributed by atoms with Crippen molar-refractivity contribution >= 4 is 24.4 Å². The SMILES string of the molecule is S=c1nn[nH]n1-c1ccccc1.S=c1nn[nH]n1-c1ccccc1.[Zn]. The summed E-state index contributed by atoms with van der Waals surface area (Å²) in [5.74, 6) is 0. The Morgan fingerprint density at radius 3 is 1.28 bits per heavy atom. The summed E-state index contributed by atoms with van der Waals surface area (Å²) in [5.41, 5.74) is 1.88. The third kappa shape index (κ3) is 4.82. The van der Waals surface area contributed by atoms with Crippen LogP contribution in [0.1, 0.15) is 0 Å². The number of para-hydroxylation sites is 2. The quantitative estimate of drug-likeness (QED) is 0.382. The first kappa shape index (κ1) is 19.0. The van der Waals surface area contributed by atoms with Crippen molar-refractivity contribution in [1.82, 2.24) is 40.4 Å². The van der Waals surface area contributed by atoms with Crippen LogP contribution in [0.3, 0.4) is 0 Å². The summed E-state index contributed by atoms with van der Waals surface area (Å²) < 4.78 is 4.13. The molecule has 2 heterocycles. The zero-order valence-electron chi connectivity index (χ0n) is 13.0. The number of hydrogen-bond acceptors (Lipinski definition) is 6. The van der Waals surface area contributed by atoms with Crippen LogP contribution >= 0.6 is 24.4 Å². The van der Waals surface area contributed by atoms with Crippen LogP contribution in [-0.4, -0.2) is 40.4 Å². The van der Waals surface area contributed by atoms with Crippen LogP contribution < -0.4 is 0 Å². The smallest absolute Gasteiger partial charge is 0.210 e.